The Hall–Kier alpha value is -2.37. The van der Waals surface area contributed by atoms with Crippen molar-refractivity contribution in [2.75, 3.05) is 26.2 Å². The van der Waals surface area contributed by atoms with E-state index >= 15 is 0 Å². The Morgan fingerprint density at radius 3 is 2.23 bits per heavy atom. The minimum atomic E-state index is -0.402. The van der Waals surface area contributed by atoms with Crippen molar-refractivity contribution < 1.29 is 14.4 Å². The predicted octanol–water partition coefficient (Wildman–Crippen LogP) is 2.82. The molecule has 4 rings (SSSR count). The Bertz CT molecular complexity index is 752. The molecule has 6 nitrogen and oxygen atoms in total. The van der Waals surface area contributed by atoms with Crippen molar-refractivity contribution in [2.24, 2.45) is 5.92 Å². The molecule has 0 bridgehead atoms. The van der Waals surface area contributed by atoms with Crippen molar-refractivity contribution in [1.29, 1.82) is 0 Å². The quantitative estimate of drug-likeness (QED) is 0.700. The first-order valence-electron chi connectivity index (χ1n) is 11.5. The number of rotatable bonds is 5. The zero-order chi connectivity index (χ0) is 20.9. The van der Waals surface area contributed by atoms with E-state index in [9.17, 15) is 14.4 Å². The number of benzene rings is 1. The Morgan fingerprint density at radius 1 is 0.833 bits per heavy atom. The van der Waals surface area contributed by atoms with Gasteiger partial charge < -0.3 is 14.7 Å². The fourth-order valence-corrected chi connectivity index (χ4v) is 5.19. The SMILES string of the molecule is O=C(CC1CCCCC1)N1CCC(N2CCN(Cc3ccccc3)C(=O)C2=O)CC1. The summed E-state index contributed by atoms with van der Waals surface area (Å²) in [5.41, 5.74) is 1.04. The second kappa shape index (κ2) is 9.63. The standard InChI is InChI=1S/C24H33N3O3/c28-22(17-19-7-3-1-4-8-19)25-13-11-21(12-14-25)27-16-15-26(23(29)24(27)30)18-20-9-5-2-6-10-20/h2,5-6,9-10,19,21H,1,3-4,7-8,11-18H2. The zero-order valence-electron chi connectivity index (χ0n) is 17.8. The minimum absolute atomic E-state index is 0.0686. The van der Waals surface area contributed by atoms with E-state index in [4.69, 9.17) is 0 Å². The molecule has 0 spiro atoms. The smallest absolute Gasteiger partial charge is 0.312 e. The third-order valence-electron chi connectivity index (χ3n) is 7.00. The van der Waals surface area contributed by atoms with Crippen molar-refractivity contribution in [2.45, 2.75) is 64.0 Å². The highest BCUT2D eigenvalue weighted by atomic mass is 16.2. The van der Waals surface area contributed by atoms with Crippen LogP contribution < -0.4 is 0 Å². The Morgan fingerprint density at radius 2 is 1.53 bits per heavy atom. The molecule has 1 aromatic rings. The molecule has 1 aliphatic carbocycles. The monoisotopic (exact) mass is 411 g/mol. The lowest BCUT2D eigenvalue weighted by atomic mass is 9.86. The van der Waals surface area contributed by atoms with E-state index in [1.165, 1.54) is 32.1 Å². The van der Waals surface area contributed by atoms with E-state index < -0.39 is 5.91 Å². The number of carbonyl (C=O) groups excluding carboxylic acids is 3. The van der Waals surface area contributed by atoms with Crippen molar-refractivity contribution in [3.63, 3.8) is 0 Å². The minimum Gasteiger partial charge on any atom is -0.343 e. The summed E-state index contributed by atoms with van der Waals surface area (Å²) in [6.45, 7) is 3.02. The predicted molar refractivity (Wildman–Crippen MR) is 114 cm³/mol. The number of piperazine rings is 1. The molecule has 0 radical (unpaired) electrons. The highest BCUT2D eigenvalue weighted by Crippen LogP contribution is 2.28. The van der Waals surface area contributed by atoms with E-state index in [1.807, 2.05) is 35.2 Å². The molecule has 3 fully saturated rings. The van der Waals surface area contributed by atoms with Gasteiger partial charge in [0.05, 0.1) is 0 Å². The van der Waals surface area contributed by atoms with Gasteiger partial charge in [-0.1, -0.05) is 49.6 Å². The number of carbonyl (C=O) groups is 3. The molecular weight excluding hydrogens is 378 g/mol. The van der Waals surface area contributed by atoms with Gasteiger partial charge in [0.15, 0.2) is 0 Å². The van der Waals surface area contributed by atoms with E-state index in [0.29, 0.717) is 45.1 Å². The number of piperidine rings is 1. The van der Waals surface area contributed by atoms with Gasteiger partial charge in [0.1, 0.15) is 0 Å². The summed E-state index contributed by atoms with van der Waals surface area (Å²) in [5.74, 6) is 0.0429. The van der Waals surface area contributed by atoms with Gasteiger partial charge in [0.2, 0.25) is 5.91 Å². The Balaban J connectivity index is 1.26. The van der Waals surface area contributed by atoms with Crippen LogP contribution in [0.25, 0.3) is 0 Å². The molecule has 162 valence electrons. The van der Waals surface area contributed by atoms with Gasteiger partial charge in [-0.25, -0.2) is 0 Å². The summed E-state index contributed by atoms with van der Waals surface area (Å²) in [6.07, 6.45) is 8.42. The van der Waals surface area contributed by atoms with E-state index in [0.717, 1.165) is 18.4 Å². The molecule has 0 aromatic heterocycles. The van der Waals surface area contributed by atoms with Gasteiger partial charge in [-0.05, 0) is 37.2 Å². The van der Waals surface area contributed by atoms with Gasteiger partial charge in [0.25, 0.3) is 0 Å². The van der Waals surface area contributed by atoms with Gasteiger partial charge in [0, 0.05) is 45.2 Å². The normalized spacial score (nSPS) is 21.9. The van der Waals surface area contributed by atoms with Gasteiger partial charge in [-0.15, -0.1) is 0 Å². The van der Waals surface area contributed by atoms with Crippen LogP contribution in [0.1, 0.15) is 56.9 Å². The molecule has 2 heterocycles. The van der Waals surface area contributed by atoms with Crippen LogP contribution >= 0.6 is 0 Å². The molecule has 2 aliphatic heterocycles. The van der Waals surface area contributed by atoms with Crippen LogP contribution in [0.15, 0.2) is 30.3 Å². The van der Waals surface area contributed by atoms with Crippen molar-refractivity contribution >= 4 is 17.7 Å². The number of likely N-dealkylation sites (tertiary alicyclic amines) is 1. The van der Waals surface area contributed by atoms with Gasteiger partial charge in [-0.2, -0.15) is 0 Å². The second-order valence-electron chi connectivity index (χ2n) is 9.03. The number of amides is 3. The average Bonchev–Trinajstić information content (AvgIpc) is 2.79. The maximum absolute atomic E-state index is 12.8. The molecule has 1 aromatic carbocycles. The lowest BCUT2D eigenvalue weighted by Gasteiger charge is -2.42. The Kier molecular flexibility index (Phi) is 6.70. The molecule has 2 saturated heterocycles. The summed E-state index contributed by atoms with van der Waals surface area (Å²) in [7, 11) is 0. The third kappa shape index (κ3) is 4.85. The molecule has 0 unspecified atom stereocenters. The fourth-order valence-electron chi connectivity index (χ4n) is 5.19. The fraction of sp³-hybridized carbons (Fsp3) is 0.625. The van der Waals surface area contributed by atoms with Crippen LogP contribution in [0.5, 0.6) is 0 Å². The van der Waals surface area contributed by atoms with Crippen LogP contribution in [0.3, 0.4) is 0 Å². The molecule has 0 N–H and O–H groups in total. The zero-order valence-corrected chi connectivity index (χ0v) is 17.8. The van der Waals surface area contributed by atoms with Gasteiger partial charge in [-0.3, -0.25) is 14.4 Å². The summed E-state index contributed by atoms with van der Waals surface area (Å²) < 4.78 is 0. The van der Waals surface area contributed by atoms with Crippen molar-refractivity contribution in [3.05, 3.63) is 35.9 Å². The lowest BCUT2D eigenvalue weighted by Crippen LogP contribution is -2.59. The molecule has 30 heavy (non-hydrogen) atoms. The third-order valence-corrected chi connectivity index (χ3v) is 7.00. The maximum Gasteiger partial charge on any atom is 0.312 e. The first-order valence-corrected chi connectivity index (χ1v) is 11.5. The molecule has 1 saturated carbocycles. The molecule has 3 aliphatic rings. The van der Waals surface area contributed by atoms with E-state index in [2.05, 4.69) is 0 Å². The summed E-state index contributed by atoms with van der Waals surface area (Å²) in [6, 6.07) is 9.86. The van der Waals surface area contributed by atoms with Crippen LogP contribution in [-0.4, -0.2) is 64.6 Å². The summed E-state index contributed by atoms with van der Waals surface area (Å²) in [4.78, 5) is 43.5. The maximum atomic E-state index is 12.8. The molecular formula is C24H33N3O3. The molecule has 6 heteroatoms. The van der Waals surface area contributed by atoms with Crippen LogP contribution in [0.2, 0.25) is 0 Å². The van der Waals surface area contributed by atoms with E-state index in [-0.39, 0.29) is 17.9 Å². The van der Waals surface area contributed by atoms with Crippen LogP contribution in [-0.2, 0) is 20.9 Å². The lowest BCUT2D eigenvalue weighted by molar-refractivity contribution is -0.159. The van der Waals surface area contributed by atoms with E-state index in [1.54, 1.807) is 9.80 Å². The topological polar surface area (TPSA) is 60.9 Å². The number of hydrogen-bond acceptors (Lipinski definition) is 3. The van der Waals surface area contributed by atoms with Crippen molar-refractivity contribution in [3.8, 4) is 0 Å². The van der Waals surface area contributed by atoms with Crippen molar-refractivity contribution in [1.82, 2.24) is 14.7 Å². The number of hydrogen-bond donors (Lipinski definition) is 0. The van der Waals surface area contributed by atoms with Crippen LogP contribution in [0.4, 0.5) is 0 Å². The summed E-state index contributed by atoms with van der Waals surface area (Å²) in [5, 5.41) is 0. The summed E-state index contributed by atoms with van der Waals surface area (Å²) >= 11 is 0. The highest BCUT2D eigenvalue weighted by Gasteiger charge is 2.38. The second-order valence-corrected chi connectivity index (χ2v) is 9.03. The number of nitrogens with zero attached hydrogens (tertiary/aromatic N) is 3. The largest absolute Gasteiger partial charge is 0.343 e. The van der Waals surface area contributed by atoms with Crippen LogP contribution in [0, 0.1) is 5.92 Å². The first-order chi connectivity index (χ1) is 14.6. The first kappa shape index (κ1) is 20.9. The average molecular weight is 412 g/mol. The highest BCUT2D eigenvalue weighted by molar-refractivity contribution is 6.35. The van der Waals surface area contributed by atoms with Gasteiger partial charge >= 0.3 is 11.8 Å². The molecule has 3 amide bonds. The Labute approximate surface area is 179 Å². The molecule has 0 atom stereocenters.